The van der Waals surface area contributed by atoms with Gasteiger partial charge in [0.2, 0.25) is 0 Å². The van der Waals surface area contributed by atoms with Crippen molar-refractivity contribution in [1.29, 1.82) is 0 Å². The first kappa shape index (κ1) is 11.1. The summed E-state index contributed by atoms with van der Waals surface area (Å²) in [6.07, 6.45) is 0. The van der Waals surface area contributed by atoms with Crippen LogP contribution in [-0.4, -0.2) is 8.42 Å². The lowest BCUT2D eigenvalue weighted by atomic mass is 10.0. The van der Waals surface area contributed by atoms with Gasteiger partial charge in [0.05, 0.1) is 4.90 Å². The first-order valence-electron chi connectivity index (χ1n) is 4.20. The summed E-state index contributed by atoms with van der Waals surface area (Å²) in [4.78, 5) is 0.713. The molecule has 0 aliphatic carbocycles. The van der Waals surface area contributed by atoms with Gasteiger partial charge in [0.15, 0.2) is 0 Å². The number of halogens is 1. The van der Waals surface area contributed by atoms with Gasteiger partial charge in [-0.05, 0) is 28.6 Å². The maximum absolute atomic E-state index is 11.9. The van der Waals surface area contributed by atoms with E-state index in [9.17, 15) is 12.9 Å². The molecule has 0 aromatic heterocycles. The van der Waals surface area contributed by atoms with Crippen molar-refractivity contribution >= 4 is 10.0 Å². The second-order valence-electron chi connectivity index (χ2n) is 3.30. The van der Waals surface area contributed by atoms with Crippen molar-refractivity contribution in [3.05, 3.63) is 29.8 Å². The Morgan fingerprint density at radius 1 is 1.21 bits per heavy atom. The normalized spacial score (nSPS) is 12.0. The zero-order chi connectivity index (χ0) is 10.8. The van der Waals surface area contributed by atoms with Crippen LogP contribution in [0.2, 0.25) is 0 Å². The lowest BCUT2D eigenvalue weighted by Gasteiger charge is -2.05. The van der Waals surface area contributed by atoms with Gasteiger partial charge in [0.25, 0.3) is 10.0 Å². The third kappa shape index (κ3) is 2.30. The first-order valence-corrected chi connectivity index (χ1v) is 5.68. The molecule has 5 heteroatoms. The van der Waals surface area contributed by atoms with E-state index in [1.807, 2.05) is 13.8 Å². The zero-order valence-corrected chi connectivity index (χ0v) is 8.81. The molecule has 1 N–H and O–H groups in total. The predicted octanol–water partition coefficient (Wildman–Crippen LogP) is 1.97. The predicted molar refractivity (Wildman–Crippen MR) is 52.0 cm³/mol. The molecule has 14 heavy (non-hydrogen) atoms. The van der Waals surface area contributed by atoms with Crippen LogP contribution >= 0.6 is 0 Å². The molecule has 0 aliphatic rings. The van der Waals surface area contributed by atoms with Crippen LogP contribution in [0.15, 0.2) is 29.2 Å². The van der Waals surface area contributed by atoms with Crippen LogP contribution in [0.3, 0.4) is 0 Å². The van der Waals surface area contributed by atoms with Crippen LogP contribution in [0.4, 0.5) is 4.48 Å². The summed E-state index contributed by atoms with van der Waals surface area (Å²) in [7, 11) is -3.96. The number of hydrogen-bond acceptors (Lipinski definition) is 2. The molecule has 0 aliphatic heterocycles. The minimum absolute atomic E-state index is 0.0654. The van der Waals surface area contributed by atoms with Gasteiger partial charge < -0.3 is 0 Å². The lowest BCUT2D eigenvalue weighted by Crippen LogP contribution is -2.14. The number of benzene rings is 1. The van der Waals surface area contributed by atoms with Gasteiger partial charge in [-0.3, -0.25) is 0 Å². The third-order valence-electron chi connectivity index (χ3n) is 1.96. The van der Waals surface area contributed by atoms with Crippen LogP contribution in [0.5, 0.6) is 0 Å². The van der Waals surface area contributed by atoms with Crippen LogP contribution in [0.25, 0.3) is 0 Å². The van der Waals surface area contributed by atoms with Gasteiger partial charge in [0.1, 0.15) is 0 Å². The molecule has 0 unspecified atom stereocenters. The zero-order valence-electron chi connectivity index (χ0n) is 7.99. The fourth-order valence-electron chi connectivity index (χ4n) is 1.08. The maximum atomic E-state index is 11.9. The summed E-state index contributed by atoms with van der Waals surface area (Å²) in [6.45, 7) is 3.99. The molecular weight excluding hydrogens is 205 g/mol. The van der Waals surface area contributed by atoms with Crippen molar-refractivity contribution in [1.82, 2.24) is 4.94 Å². The van der Waals surface area contributed by atoms with Crippen LogP contribution in [-0.2, 0) is 10.0 Å². The number of hydrogen-bond donors (Lipinski definition) is 1. The molecule has 1 aromatic rings. The number of nitrogens with one attached hydrogen (secondary N) is 1. The number of rotatable bonds is 3. The summed E-state index contributed by atoms with van der Waals surface area (Å²) in [5.74, 6) is 0.324. The van der Waals surface area contributed by atoms with Crippen LogP contribution < -0.4 is 4.94 Å². The van der Waals surface area contributed by atoms with E-state index in [1.165, 1.54) is 12.1 Å². The van der Waals surface area contributed by atoms with E-state index in [2.05, 4.69) is 0 Å². The average Bonchev–Trinajstić information content (AvgIpc) is 2.18. The van der Waals surface area contributed by atoms with Crippen molar-refractivity contribution in [2.75, 3.05) is 0 Å². The number of sulfonamides is 1. The Bertz CT molecular complexity index is 397. The van der Waals surface area contributed by atoms with E-state index < -0.39 is 10.0 Å². The smallest absolute Gasteiger partial charge is 0.205 e. The SMILES string of the molecule is CC(C)c1ccc(S(=O)(=O)NF)cc1. The molecule has 1 aromatic carbocycles. The molecule has 0 fully saturated rings. The molecular formula is C9H12FNO2S. The monoisotopic (exact) mass is 217 g/mol. The highest BCUT2D eigenvalue weighted by Crippen LogP contribution is 2.16. The van der Waals surface area contributed by atoms with Gasteiger partial charge in [-0.25, -0.2) is 8.42 Å². The van der Waals surface area contributed by atoms with Crippen molar-refractivity contribution in [2.45, 2.75) is 24.7 Å². The highest BCUT2D eigenvalue weighted by atomic mass is 32.2. The second kappa shape index (κ2) is 4.06. The first-order chi connectivity index (χ1) is 6.47. The van der Waals surface area contributed by atoms with Crippen molar-refractivity contribution in [2.24, 2.45) is 0 Å². The molecule has 0 spiro atoms. The molecule has 0 heterocycles. The van der Waals surface area contributed by atoms with Gasteiger partial charge in [-0.15, -0.1) is 4.48 Å². The molecule has 0 bridgehead atoms. The van der Waals surface area contributed by atoms with E-state index in [0.717, 1.165) is 10.5 Å². The molecule has 0 saturated carbocycles. The van der Waals surface area contributed by atoms with E-state index in [0.29, 0.717) is 5.92 Å². The summed E-state index contributed by atoms with van der Waals surface area (Å²) >= 11 is 0. The van der Waals surface area contributed by atoms with Gasteiger partial charge >= 0.3 is 0 Å². The standard InChI is InChI=1S/C9H12FNO2S/c1-7(2)8-3-5-9(6-4-8)14(12,13)11-10/h3-7,11H,1-2H3. The minimum Gasteiger partial charge on any atom is -0.205 e. The van der Waals surface area contributed by atoms with E-state index >= 15 is 0 Å². The Labute approximate surface area is 82.9 Å². The second-order valence-corrected chi connectivity index (χ2v) is 4.94. The maximum Gasteiger partial charge on any atom is 0.266 e. The fourth-order valence-corrected chi connectivity index (χ4v) is 1.66. The quantitative estimate of drug-likeness (QED) is 0.787. The molecule has 0 amide bonds. The van der Waals surface area contributed by atoms with E-state index in [-0.39, 0.29) is 4.90 Å². The Morgan fingerprint density at radius 2 is 1.71 bits per heavy atom. The molecule has 0 saturated heterocycles. The van der Waals surface area contributed by atoms with Crippen molar-refractivity contribution < 1.29 is 12.9 Å². The molecule has 1 rings (SSSR count). The Balaban J connectivity index is 3.06. The molecule has 0 atom stereocenters. The highest BCUT2D eigenvalue weighted by Gasteiger charge is 2.12. The topological polar surface area (TPSA) is 46.2 Å². The molecule has 78 valence electrons. The molecule has 3 nitrogen and oxygen atoms in total. The summed E-state index contributed by atoms with van der Waals surface area (Å²) in [6, 6.07) is 6.12. The molecule has 0 radical (unpaired) electrons. The minimum atomic E-state index is -3.96. The Morgan fingerprint density at radius 3 is 2.07 bits per heavy atom. The van der Waals surface area contributed by atoms with Gasteiger partial charge in [-0.1, -0.05) is 26.0 Å². The Hall–Kier alpha value is -0.940. The average molecular weight is 217 g/mol. The van der Waals surface area contributed by atoms with E-state index in [1.54, 1.807) is 12.1 Å². The third-order valence-corrected chi connectivity index (χ3v) is 3.05. The van der Waals surface area contributed by atoms with Crippen molar-refractivity contribution in [3.63, 3.8) is 0 Å². The van der Waals surface area contributed by atoms with Gasteiger partial charge in [0, 0.05) is 0 Å². The fraction of sp³-hybridized carbons (Fsp3) is 0.333. The van der Waals surface area contributed by atoms with Crippen LogP contribution in [0.1, 0.15) is 25.3 Å². The summed E-state index contributed by atoms with van der Waals surface area (Å²) in [5.41, 5.74) is 1.02. The van der Waals surface area contributed by atoms with E-state index in [4.69, 9.17) is 0 Å². The largest absolute Gasteiger partial charge is 0.266 e. The van der Waals surface area contributed by atoms with Crippen LogP contribution in [0, 0.1) is 0 Å². The summed E-state index contributed by atoms with van der Waals surface area (Å²) in [5, 5.41) is 0. The lowest BCUT2D eigenvalue weighted by molar-refractivity contribution is 0.425. The van der Waals surface area contributed by atoms with Gasteiger partial charge in [-0.2, -0.15) is 0 Å². The summed E-state index contributed by atoms with van der Waals surface area (Å²) < 4.78 is 33.9. The Kier molecular flexibility index (Phi) is 3.23. The highest BCUT2D eigenvalue weighted by molar-refractivity contribution is 7.89. The van der Waals surface area contributed by atoms with Crippen molar-refractivity contribution in [3.8, 4) is 0 Å².